The zero-order chi connectivity index (χ0) is 15.0. The van der Waals surface area contributed by atoms with Crippen molar-refractivity contribution in [2.45, 2.75) is 58.4 Å². The number of hydrogen-bond acceptors (Lipinski definition) is 3. The maximum absolute atomic E-state index is 12.6. The molecule has 5 nitrogen and oxygen atoms in total. The van der Waals surface area contributed by atoms with Gasteiger partial charge in [-0.15, -0.1) is 0 Å². The predicted molar refractivity (Wildman–Crippen MR) is 84.0 cm³/mol. The molecule has 1 heterocycles. The molecule has 0 aromatic carbocycles. The van der Waals surface area contributed by atoms with Crippen LogP contribution in [0.1, 0.15) is 52.4 Å². The van der Waals surface area contributed by atoms with Crippen LogP contribution in [0.2, 0.25) is 0 Å². The molecule has 0 bridgehead atoms. The van der Waals surface area contributed by atoms with E-state index in [0.717, 1.165) is 51.6 Å². The van der Waals surface area contributed by atoms with Crippen molar-refractivity contribution in [1.82, 2.24) is 13.9 Å². The fourth-order valence-electron chi connectivity index (χ4n) is 2.71. The van der Waals surface area contributed by atoms with Crippen LogP contribution in [0, 0.1) is 0 Å². The number of nitrogens with one attached hydrogen (secondary N) is 1. The number of piperidine rings is 1. The summed E-state index contributed by atoms with van der Waals surface area (Å²) < 4.78 is 28.5. The Hall–Kier alpha value is -0.170. The van der Waals surface area contributed by atoms with Gasteiger partial charge in [-0.3, -0.25) is 0 Å². The van der Waals surface area contributed by atoms with Crippen LogP contribution >= 0.6 is 0 Å². The van der Waals surface area contributed by atoms with Crippen molar-refractivity contribution < 1.29 is 8.42 Å². The molecule has 0 radical (unpaired) electrons. The van der Waals surface area contributed by atoms with Gasteiger partial charge in [-0.2, -0.15) is 17.0 Å². The van der Waals surface area contributed by atoms with E-state index in [1.54, 1.807) is 11.4 Å². The molecule has 20 heavy (non-hydrogen) atoms. The molecule has 1 N–H and O–H groups in total. The van der Waals surface area contributed by atoms with Crippen molar-refractivity contribution in [2.75, 3.05) is 33.2 Å². The Labute approximate surface area is 124 Å². The summed E-state index contributed by atoms with van der Waals surface area (Å²) in [5.74, 6) is 0. The van der Waals surface area contributed by atoms with E-state index in [-0.39, 0.29) is 6.04 Å². The van der Waals surface area contributed by atoms with E-state index in [0.29, 0.717) is 13.1 Å². The lowest BCUT2D eigenvalue weighted by atomic mass is 10.0. The van der Waals surface area contributed by atoms with E-state index < -0.39 is 10.2 Å². The number of nitrogens with zero attached hydrogens (tertiary/aromatic N) is 2. The summed E-state index contributed by atoms with van der Waals surface area (Å²) in [5.41, 5.74) is 0. The molecule has 1 saturated heterocycles. The highest BCUT2D eigenvalue weighted by Gasteiger charge is 2.33. The molecule has 0 spiro atoms. The molecule has 0 saturated carbocycles. The van der Waals surface area contributed by atoms with Gasteiger partial charge in [0.15, 0.2) is 0 Å². The summed E-state index contributed by atoms with van der Waals surface area (Å²) in [5, 5.41) is 3.31. The Morgan fingerprint density at radius 1 is 1.25 bits per heavy atom. The van der Waals surface area contributed by atoms with Gasteiger partial charge < -0.3 is 5.32 Å². The first-order valence-corrected chi connectivity index (χ1v) is 9.37. The molecule has 1 unspecified atom stereocenters. The van der Waals surface area contributed by atoms with Gasteiger partial charge in [0.05, 0.1) is 0 Å². The molecule has 0 aromatic heterocycles. The summed E-state index contributed by atoms with van der Waals surface area (Å²) in [6.07, 6.45) is 6.02. The first kappa shape index (κ1) is 17.9. The van der Waals surface area contributed by atoms with E-state index in [4.69, 9.17) is 0 Å². The van der Waals surface area contributed by atoms with E-state index in [1.165, 1.54) is 4.31 Å². The van der Waals surface area contributed by atoms with Crippen molar-refractivity contribution in [3.63, 3.8) is 0 Å². The minimum absolute atomic E-state index is 0.189. The second-order valence-corrected chi connectivity index (χ2v) is 7.59. The average molecular weight is 305 g/mol. The van der Waals surface area contributed by atoms with Crippen molar-refractivity contribution in [2.24, 2.45) is 0 Å². The summed E-state index contributed by atoms with van der Waals surface area (Å²) >= 11 is 0. The molecule has 1 rings (SSSR count). The maximum Gasteiger partial charge on any atom is 0.281 e. The number of rotatable bonds is 9. The molecule has 1 fully saturated rings. The van der Waals surface area contributed by atoms with Crippen LogP contribution in [-0.2, 0) is 10.2 Å². The van der Waals surface area contributed by atoms with Gasteiger partial charge >= 0.3 is 0 Å². The lowest BCUT2D eigenvalue weighted by Crippen LogP contribution is -2.49. The lowest BCUT2D eigenvalue weighted by molar-refractivity contribution is 0.230. The second-order valence-electron chi connectivity index (χ2n) is 5.60. The first-order valence-electron chi connectivity index (χ1n) is 7.97. The zero-order valence-electron chi connectivity index (χ0n) is 13.3. The van der Waals surface area contributed by atoms with Crippen LogP contribution in [-0.4, -0.2) is 56.3 Å². The van der Waals surface area contributed by atoms with E-state index in [1.807, 2.05) is 0 Å². The van der Waals surface area contributed by atoms with E-state index >= 15 is 0 Å². The van der Waals surface area contributed by atoms with Gasteiger partial charge in [-0.05, 0) is 45.2 Å². The molecular weight excluding hydrogens is 274 g/mol. The van der Waals surface area contributed by atoms with Crippen molar-refractivity contribution in [1.29, 1.82) is 0 Å². The normalized spacial score (nSPS) is 21.5. The van der Waals surface area contributed by atoms with Crippen LogP contribution in [0.15, 0.2) is 0 Å². The van der Waals surface area contributed by atoms with Crippen LogP contribution < -0.4 is 5.32 Å². The summed E-state index contributed by atoms with van der Waals surface area (Å²) in [6.45, 7) is 7.36. The third-order valence-corrected chi connectivity index (χ3v) is 6.03. The Morgan fingerprint density at radius 2 is 2.00 bits per heavy atom. The SMILES string of the molecule is CCCNCCCN(C)S(=O)(=O)N1CCCCC1CC. The van der Waals surface area contributed by atoms with Gasteiger partial charge in [0.25, 0.3) is 10.2 Å². The third-order valence-electron chi connectivity index (χ3n) is 3.99. The standard InChI is InChI=1S/C14H31N3O2S/c1-4-10-15-11-8-12-16(3)20(18,19)17-13-7-6-9-14(17)5-2/h14-15H,4-13H2,1-3H3. The van der Waals surface area contributed by atoms with Gasteiger partial charge in [-0.25, -0.2) is 0 Å². The highest BCUT2D eigenvalue weighted by Crippen LogP contribution is 2.24. The van der Waals surface area contributed by atoms with Crippen molar-refractivity contribution in [3.8, 4) is 0 Å². The van der Waals surface area contributed by atoms with E-state index in [2.05, 4.69) is 19.2 Å². The van der Waals surface area contributed by atoms with E-state index in [9.17, 15) is 8.42 Å². The Bertz CT molecular complexity index is 359. The zero-order valence-corrected chi connectivity index (χ0v) is 14.1. The predicted octanol–water partition coefficient (Wildman–Crippen LogP) is 1.82. The average Bonchev–Trinajstić information content (AvgIpc) is 2.46. The topological polar surface area (TPSA) is 52.7 Å². The van der Waals surface area contributed by atoms with Gasteiger partial charge in [-0.1, -0.05) is 20.3 Å². The molecule has 0 amide bonds. The Morgan fingerprint density at radius 3 is 2.65 bits per heavy atom. The van der Waals surface area contributed by atoms with Crippen LogP contribution in [0.4, 0.5) is 0 Å². The van der Waals surface area contributed by atoms with Gasteiger partial charge in [0.1, 0.15) is 0 Å². The molecule has 1 aliphatic rings. The summed E-state index contributed by atoms with van der Waals surface area (Å²) in [6, 6.07) is 0.189. The molecule has 1 aliphatic heterocycles. The largest absolute Gasteiger partial charge is 0.317 e. The molecule has 6 heteroatoms. The maximum atomic E-state index is 12.6. The fourth-order valence-corrected chi connectivity index (χ4v) is 4.42. The summed E-state index contributed by atoms with van der Waals surface area (Å²) in [7, 11) is -1.57. The Balaban J connectivity index is 2.48. The first-order chi connectivity index (χ1) is 9.54. The second kappa shape index (κ2) is 8.97. The summed E-state index contributed by atoms with van der Waals surface area (Å²) in [4.78, 5) is 0. The molecular formula is C14H31N3O2S. The highest BCUT2D eigenvalue weighted by atomic mass is 32.2. The van der Waals surface area contributed by atoms with Crippen LogP contribution in [0.25, 0.3) is 0 Å². The van der Waals surface area contributed by atoms with Gasteiger partial charge in [0.2, 0.25) is 0 Å². The highest BCUT2D eigenvalue weighted by molar-refractivity contribution is 7.86. The van der Waals surface area contributed by atoms with Gasteiger partial charge in [0, 0.05) is 26.2 Å². The molecule has 0 aliphatic carbocycles. The van der Waals surface area contributed by atoms with Crippen LogP contribution in [0.3, 0.4) is 0 Å². The van der Waals surface area contributed by atoms with Crippen LogP contribution in [0.5, 0.6) is 0 Å². The van der Waals surface area contributed by atoms with Crippen molar-refractivity contribution in [3.05, 3.63) is 0 Å². The molecule has 120 valence electrons. The van der Waals surface area contributed by atoms with Crippen molar-refractivity contribution >= 4 is 10.2 Å². The molecule has 1 atom stereocenters. The third kappa shape index (κ3) is 4.98. The quantitative estimate of drug-likeness (QED) is 0.661. The minimum Gasteiger partial charge on any atom is -0.317 e. The monoisotopic (exact) mass is 305 g/mol. The minimum atomic E-state index is -3.28. The smallest absolute Gasteiger partial charge is 0.281 e. The number of hydrogen-bond donors (Lipinski definition) is 1. The Kier molecular flexibility index (Phi) is 8.02. The molecule has 0 aromatic rings. The fraction of sp³-hybridized carbons (Fsp3) is 1.00. The lowest BCUT2D eigenvalue weighted by Gasteiger charge is -2.36.